The van der Waals surface area contributed by atoms with Crippen molar-refractivity contribution in [1.82, 2.24) is 15.8 Å². The maximum Gasteiger partial charge on any atom is 0.260 e. The topological polar surface area (TPSA) is 83.1 Å². The van der Waals surface area contributed by atoms with E-state index in [4.69, 9.17) is 0 Å². The summed E-state index contributed by atoms with van der Waals surface area (Å²) in [4.78, 5) is 28.6. The fourth-order valence-corrected chi connectivity index (χ4v) is 3.50. The van der Waals surface area contributed by atoms with E-state index in [9.17, 15) is 9.59 Å². The van der Waals surface area contributed by atoms with Crippen LogP contribution >= 0.6 is 11.3 Å². The first-order valence-corrected chi connectivity index (χ1v) is 8.82. The molecule has 2 aromatic rings. The van der Waals surface area contributed by atoms with Gasteiger partial charge in [0.2, 0.25) is 5.91 Å². The largest absolute Gasteiger partial charge is 0.350 e. The average Bonchev–Trinajstić information content (AvgIpc) is 3.02. The Balaban J connectivity index is 1.51. The second kappa shape index (κ2) is 7.44. The number of aromatic nitrogens is 1. The van der Waals surface area contributed by atoms with Crippen LogP contribution in [-0.2, 0) is 9.59 Å². The van der Waals surface area contributed by atoms with E-state index < -0.39 is 6.04 Å². The number of allylic oxidation sites excluding steroid dienone is 2. The molecule has 1 aliphatic carbocycles. The highest BCUT2D eigenvalue weighted by Crippen LogP contribution is 2.25. The minimum absolute atomic E-state index is 0.0668. The SMILES string of the molecule is C[C@H](Nc1nc2ccccc2s1)C(=O)NNC(=O)[C@@H]1CC=CCC1. The number of anilines is 1. The summed E-state index contributed by atoms with van der Waals surface area (Å²) in [5.74, 6) is -0.503. The lowest BCUT2D eigenvalue weighted by Gasteiger charge is -2.19. The third-order valence-electron chi connectivity index (χ3n) is 3.98. The highest BCUT2D eigenvalue weighted by Gasteiger charge is 2.20. The summed E-state index contributed by atoms with van der Waals surface area (Å²) >= 11 is 1.49. The zero-order valence-corrected chi connectivity index (χ0v) is 14.2. The minimum atomic E-state index is -0.503. The predicted octanol–water partition coefficient (Wildman–Crippen LogP) is 2.60. The van der Waals surface area contributed by atoms with Crippen molar-refractivity contribution in [2.24, 2.45) is 5.92 Å². The van der Waals surface area contributed by atoms with Gasteiger partial charge in [0.15, 0.2) is 5.13 Å². The van der Waals surface area contributed by atoms with Crippen molar-refractivity contribution >= 4 is 38.5 Å². The summed E-state index contributed by atoms with van der Waals surface area (Å²) in [5, 5.41) is 3.75. The van der Waals surface area contributed by atoms with E-state index >= 15 is 0 Å². The van der Waals surface area contributed by atoms with Crippen molar-refractivity contribution in [2.75, 3.05) is 5.32 Å². The van der Waals surface area contributed by atoms with Crippen LogP contribution in [0.25, 0.3) is 10.2 Å². The molecule has 0 saturated carbocycles. The van der Waals surface area contributed by atoms with Crippen LogP contribution in [0.5, 0.6) is 0 Å². The molecule has 1 heterocycles. The zero-order chi connectivity index (χ0) is 16.9. The van der Waals surface area contributed by atoms with Crippen molar-refractivity contribution in [3.8, 4) is 0 Å². The van der Waals surface area contributed by atoms with Crippen LogP contribution in [0.3, 0.4) is 0 Å². The summed E-state index contributed by atoms with van der Waals surface area (Å²) in [6, 6.07) is 7.30. The lowest BCUT2D eigenvalue weighted by Crippen LogP contribution is -2.49. The van der Waals surface area contributed by atoms with E-state index in [-0.39, 0.29) is 17.7 Å². The molecule has 3 rings (SSSR count). The molecule has 1 aliphatic rings. The van der Waals surface area contributed by atoms with Gasteiger partial charge in [0.1, 0.15) is 6.04 Å². The number of amides is 2. The molecule has 2 amide bonds. The van der Waals surface area contributed by atoms with Gasteiger partial charge in [-0.2, -0.15) is 0 Å². The molecule has 24 heavy (non-hydrogen) atoms. The van der Waals surface area contributed by atoms with Crippen molar-refractivity contribution in [3.05, 3.63) is 36.4 Å². The van der Waals surface area contributed by atoms with Crippen molar-refractivity contribution < 1.29 is 9.59 Å². The number of para-hydroxylation sites is 1. The molecule has 2 atom stereocenters. The van der Waals surface area contributed by atoms with Gasteiger partial charge in [-0.05, 0) is 38.3 Å². The molecule has 0 spiro atoms. The number of nitrogens with zero attached hydrogens (tertiary/aromatic N) is 1. The van der Waals surface area contributed by atoms with E-state index in [1.165, 1.54) is 11.3 Å². The smallest absolute Gasteiger partial charge is 0.260 e. The fourth-order valence-electron chi connectivity index (χ4n) is 2.55. The molecule has 7 heteroatoms. The van der Waals surface area contributed by atoms with Crippen molar-refractivity contribution in [2.45, 2.75) is 32.2 Å². The molecule has 0 radical (unpaired) electrons. The Labute approximate surface area is 144 Å². The predicted molar refractivity (Wildman–Crippen MR) is 95.5 cm³/mol. The van der Waals surface area contributed by atoms with Gasteiger partial charge in [-0.15, -0.1) is 0 Å². The highest BCUT2D eigenvalue weighted by molar-refractivity contribution is 7.22. The van der Waals surface area contributed by atoms with E-state index in [1.807, 2.05) is 30.3 Å². The van der Waals surface area contributed by atoms with Gasteiger partial charge in [0.25, 0.3) is 5.91 Å². The molecule has 1 aromatic heterocycles. The van der Waals surface area contributed by atoms with Crippen LogP contribution < -0.4 is 16.2 Å². The molecule has 126 valence electrons. The Morgan fingerprint density at radius 1 is 1.25 bits per heavy atom. The van der Waals surface area contributed by atoms with Gasteiger partial charge in [0, 0.05) is 5.92 Å². The summed E-state index contributed by atoms with van der Waals surface area (Å²) in [6.07, 6.45) is 6.53. The van der Waals surface area contributed by atoms with E-state index in [1.54, 1.807) is 6.92 Å². The summed E-state index contributed by atoms with van der Waals surface area (Å²) < 4.78 is 1.06. The number of hydrogen-bond donors (Lipinski definition) is 3. The van der Waals surface area contributed by atoms with Crippen LogP contribution in [0.15, 0.2) is 36.4 Å². The first-order chi connectivity index (χ1) is 11.6. The Morgan fingerprint density at radius 3 is 2.83 bits per heavy atom. The second-order valence-corrected chi connectivity index (χ2v) is 6.84. The van der Waals surface area contributed by atoms with Crippen LogP contribution in [0, 0.1) is 5.92 Å². The Hall–Kier alpha value is -2.41. The zero-order valence-electron chi connectivity index (χ0n) is 13.4. The summed E-state index contributed by atoms with van der Waals surface area (Å²) in [7, 11) is 0. The standard InChI is InChI=1S/C17H20N4O2S/c1-11(18-17-19-13-9-5-6-10-14(13)24-17)15(22)20-21-16(23)12-7-3-2-4-8-12/h2-3,5-6,9-12H,4,7-8H2,1H3,(H,18,19)(H,20,22)(H,21,23)/t11-,12+/m0/s1. The number of fused-ring (bicyclic) bond motifs is 1. The number of carbonyl (C=O) groups is 2. The van der Waals surface area contributed by atoms with Gasteiger partial charge in [-0.3, -0.25) is 20.4 Å². The molecular weight excluding hydrogens is 324 g/mol. The number of benzene rings is 1. The Bertz CT molecular complexity index is 738. The molecule has 1 aromatic carbocycles. The van der Waals surface area contributed by atoms with Gasteiger partial charge < -0.3 is 5.32 Å². The molecular formula is C17H20N4O2S. The summed E-state index contributed by atoms with van der Waals surface area (Å²) in [6.45, 7) is 1.73. The normalized spacial score (nSPS) is 18.1. The molecule has 0 saturated heterocycles. The van der Waals surface area contributed by atoms with Crippen LogP contribution in [0.1, 0.15) is 26.2 Å². The molecule has 0 fully saturated rings. The van der Waals surface area contributed by atoms with Gasteiger partial charge in [-0.1, -0.05) is 35.6 Å². The van der Waals surface area contributed by atoms with E-state index in [0.717, 1.165) is 29.5 Å². The number of thiazole rings is 1. The van der Waals surface area contributed by atoms with Crippen molar-refractivity contribution in [3.63, 3.8) is 0 Å². The summed E-state index contributed by atoms with van der Waals surface area (Å²) in [5.41, 5.74) is 5.90. The molecule has 0 unspecified atom stereocenters. The quantitative estimate of drug-likeness (QED) is 0.588. The minimum Gasteiger partial charge on any atom is -0.350 e. The second-order valence-electron chi connectivity index (χ2n) is 5.81. The molecule has 0 aliphatic heterocycles. The van der Waals surface area contributed by atoms with Crippen molar-refractivity contribution in [1.29, 1.82) is 0 Å². The van der Waals surface area contributed by atoms with Gasteiger partial charge in [0.05, 0.1) is 10.2 Å². The van der Waals surface area contributed by atoms with E-state index in [2.05, 4.69) is 27.2 Å². The first-order valence-electron chi connectivity index (χ1n) is 8.00. The first kappa shape index (κ1) is 16.4. The maximum absolute atomic E-state index is 12.1. The number of hydrogen-bond acceptors (Lipinski definition) is 5. The lowest BCUT2D eigenvalue weighted by atomic mass is 9.94. The van der Waals surface area contributed by atoms with Gasteiger partial charge >= 0.3 is 0 Å². The van der Waals surface area contributed by atoms with Crippen LogP contribution in [0.4, 0.5) is 5.13 Å². The number of hydrazine groups is 1. The highest BCUT2D eigenvalue weighted by atomic mass is 32.1. The fraction of sp³-hybridized carbons (Fsp3) is 0.353. The average molecular weight is 344 g/mol. The Kier molecular flexibility index (Phi) is 5.10. The molecule has 0 bridgehead atoms. The lowest BCUT2D eigenvalue weighted by molar-refractivity contribution is -0.131. The number of rotatable bonds is 4. The third kappa shape index (κ3) is 3.91. The van der Waals surface area contributed by atoms with Gasteiger partial charge in [-0.25, -0.2) is 4.98 Å². The molecule has 3 N–H and O–H groups in total. The number of carbonyl (C=O) groups excluding carboxylic acids is 2. The molecule has 6 nitrogen and oxygen atoms in total. The monoisotopic (exact) mass is 344 g/mol. The van der Waals surface area contributed by atoms with E-state index in [0.29, 0.717) is 5.13 Å². The maximum atomic E-state index is 12.1. The third-order valence-corrected chi connectivity index (χ3v) is 4.94. The van der Waals surface area contributed by atoms with Crippen LogP contribution in [-0.4, -0.2) is 22.8 Å². The Morgan fingerprint density at radius 2 is 2.08 bits per heavy atom. The number of nitrogens with one attached hydrogen (secondary N) is 3. The van der Waals surface area contributed by atoms with Crippen LogP contribution in [0.2, 0.25) is 0 Å².